The summed E-state index contributed by atoms with van der Waals surface area (Å²) < 4.78 is 37.7. The third-order valence-corrected chi connectivity index (χ3v) is 4.07. The molecule has 1 aromatic rings. The first kappa shape index (κ1) is 21.5. The van der Waals surface area contributed by atoms with Gasteiger partial charge >= 0.3 is 11.9 Å². The molecule has 1 unspecified atom stereocenters. The summed E-state index contributed by atoms with van der Waals surface area (Å²) in [6, 6.07) is 2.17. The van der Waals surface area contributed by atoms with Crippen LogP contribution in [0.25, 0.3) is 0 Å². The molecule has 0 radical (unpaired) electrons. The Morgan fingerprint density at radius 1 is 1.12 bits per heavy atom. The molecule has 1 atom stereocenters. The number of hydrogen-bond acceptors (Lipinski definition) is 4. The zero-order valence-electron chi connectivity index (χ0n) is 14.6. The Kier molecular flexibility index (Phi) is 9.03. The van der Waals surface area contributed by atoms with Crippen LogP contribution in [0.4, 0.5) is 8.78 Å². The van der Waals surface area contributed by atoms with Crippen LogP contribution in [0.5, 0.6) is 0 Å². The summed E-state index contributed by atoms with van der Waals surface area (Å²) in [5, 5.41) is 0. The molecule has 0 heterocycles. The zero-order chi connectivity index (χ0) is 19.0. The maximum atomic E-state index is 13.6. The summed E-state index contributed by atoms with van der Waals surface area (Å²) in [4.78, 5) is 23.5. The third-order valence-electron chi connectivity index (χ3n) is 3.62. The predicted octanol–water partition coefficient (Wildman–Crippen LogP) is 4.92. The van der Waals surface area contributed by atoms with Crippen molar-refractivity contribution in [2.45, 2.75) is 59.2 Å². The molecule has 0 aromatic heterocycles. The van der Waals surface area contributed by atoms with Crippen molar-refractivity contribution in [2.24, 2.45) is 5.92 Å². The van der Waals surface area contributed by atoms with Crippen LogP contribution in [0.3, 0.4) is 0 Å². The Labute approximate surface area is 155 Å². The van der Waals surface area contributed by atoms with E-state index in [0.717, 1.165) is 25.0 Å². The number of hydrogen-bond donors (Lipinski definition) is 0. The van der Waals surface area contributed by atoms with Crippen molar-refractivity contribution in [3.05, 3.63) is 33.8 Å². The van der Waals surface area contributed by atoms with Crippen molar-refractivity contribution in [2.75, 3.05) is 0 Å². The van der Waals surface area contributed by atoms with Crippen molar-refractivity contribution >= 4 is 27.9 Å². The van der Waals surface area contributed by atoms with Crippen LogP contribution < -0.4 is 0 Å². The number of esters is 2. The molecule has 0 aliphatic carbocycles. The van der Waals surface area contributed by atoms with E-state index >= 15 is 0 Å². The molecule has 0 fully saturated rings. The molecule has 140 valence electrons. The molecule has 1 aromatic carbocycles. The molecule has 0 spiro atoms. The highest BCUT2D eigenvalue weighted by Crippen LogP contribution is 2.20. The van der Waals surface area contributed by atoms with Crippen LogP contribution in [-0.2, 0) is 25.7 Å². The zero-order valence-corrected chi connectivity index (χ0v) is 16.2. The van der Waals surface area contributed by atoms with Gasteiger partial charge in [0.2, 0.25) is 0 Å². The Morgan fingerprint density at radius 2 is 1.68 bits per heavy atom. The molecule has 1 rings (SSSR count). The first-order valence-electron chi connectivity index (χ1n) is 8.23. The number of ether oxygens (including phenoxy) is 2. The Hall–Kier alpha value is -1.50. The topological polar surface area (TPSA) is 52.6 Å². The highest BCUT2D eigenvalue weighted by molar-refractivity contribution is 9.10. The molecule has 0 bridgehead atoms. The molecule has 25 heavy (non-hydrogen) atoms. The van der Waals surface area contributed by atoms with Crippen LogP contribution in [-0.4, -0.2) is 18.0 Å². The summed E-state index contributed by atoms with van der Waals surface area (Å²) in [5.74, 6) is -2.61. The molecule has 0 amide bonds. The quantitative estimate of drug-likeness (QED) is 0.532. The normalized spacial score (nSPS) is 12.1. The summed E-state index contributed by atoms with van der Waals surface area (Å²) in [6.45, 7) is 5.40. The van der Waals surface area contributed by atoms with E-state index in [1.54, 1.807) is 0 Å². The van der Waals surface area contributed by atoms with Crippen molar-refractivity contribution in [1.82, 2.24) is 0 Å². The minimum atomic E-state index is -0.807. The molecule has 0 aliphatic heterocycles. The SMILES string of the molecule is CCCC(OC(=O)CCC(=O)OCc1c(F)cc(Br)cc1F)C(C)C. The van der Waals surface area contributed by atoms with Crippen LogP contribution in [0, 0.1) is 17.6 Å². The van der Waals surface area contributed by atoms with Crippen molar-refractivity contribution in [3.8, 4) is 0 Å². The van der Waals surface area contributed by atoms with E-state index in [-0.39, 0.29) is 34.9 Å². The lowest BCUT2D eigenvalue weighted by molar-refractivity contribution is -0.156. The second-order valence-electron chi connectivity index (χ2n) is 6.07. The summed E-state index contributed by atoms with van der Waals surface area (Å²) in [7, 11) is 0. The van der Waals surface area contributed by atoms with Crippen molar-refractivity contribution < 1.29 is 27.8 Å². The van der Waals surface area contributed by atoms with E-state index in [4.69, 9.17) is 9.47 Å². The van der Waals surface area contributed by atoms with Gasteiger partial charge in [0.05, 0.1) is 18.4 Å². The minimum absolute atomic E-state index is 0.128. The second-order valence-corrected chi connectivity index (χ2v) is 6.99. The second kappa shape index (κ2) is 10.5. The lowest BCUT2D eigenvalue weighted by atomic mass is 10.0. The fourth-order valence-corrected chi connectivity index (χ4v) is 2.58. The standard InChI is InChI=1S/C18H23BrF2O4/c1-4-5-16(11(2)3)25-18(23)7-6-17(22)24-10-13-14(20)8-12(19)9-15(13)21/h8-9,11,16H,4-7,10H2,1-3H3. The average molecular weight is 421 g/mol. The van der Waals surface area contributed by atoms with Gasteiger partial charge in [0.15, 0.2) is 0 Å². The largest absolute Gasteiger partial charge is 0.462 e. The van der Waals surface area contributed by atoms with Crippen LogP contribution >= 0.6 is 15.9 Å². The Balaban J connectivity index is 2.44. The van der Waals surface area contributed by atoms with Gasteiger partial charge in [-0.2, -0.15) is 0 Å². The molecule has 0 saturated heterocycles. The van der Waals surface area contributed by atoms with E-state index in [2.05, 4.69) is 15.9 Å². The molecule has 7 heteroatoms. The first-order valence-corrected chi connectivity index (χ1v) is 9.02. The van der Waals surface area contributed by atoms with Gasteiger partial charge in [-0.1, -0.05) is 43.1 Å². The number of benzene rings is 1. The summed E-state index contributed by atoms with van der Waals surface area (Å²) in [6.07, 6.45) is 1.14. The van der Waals surface area contributed by atoms with Gasteiger partial charge in [0.25, 0.3) is 0 Å². The lowest BCUT2D eigenvalue weighted by Gasteiger charge is -2.20. The fraction of sp³-hybridized carbons (Fsp3) is 0.556. The van der Waals surface area contributed by atoms with Gasteiger partial charge in [-0.05, 0) is 24.5 Å². The van der Waals surface area contributed by atoms with E-state index < -0.39 is 30.2 Å². The summed E-state index contributed by atoms with van der Waals surface area (Å²) in [5.41, 5.74) is -0.332. The smallest absolute Gasteiger partial charge is 0.306 e. The van der Waals surface area contributed by atoms with E-state index in [9.17, 15) is 18.4 Å². The highest BCUT2D eigenvalue weighted by Gasteiger charge is 2.19. The maximum Gasteiger partial charge on any atom is 0.306 e. The summed E-state index contributed by atoms with van der Waals surface area (Å²) >= 11 is 2.97. The number of rotatable bonds is 9. The van der Waals surface area contributed by atoms with E-state index in [0.29, 0.717) is 0 Å². The molecular formula is C18H23BrF2O4. The number of carbonyl (C=O) groups is 2. The van der Waals surface area contributed by atoms with Gasteiger partial charge < -0.3 is 9.47 Å². The Bertz CT molecular complexity index is 582. The van der Waals surface area contributed by atoms with E-state index in [1.165, 1.54) is 0 Å². The third kappa shape index (κ3) is 7.50. The molecule has 0 N–H and O–H groups in total. The fourth-order valence-electron chi connectivity index (χ4n) is 2.18. The molecule has 4 nitrogen and oxygen atoms in total. The average Bonchev–Trinajstić information content (AvgIpc) is 2.51. The van der Waals surface area contributed by atoms with Crippen LogP contribution in [0.2, 0.25) is 0 Å². The molecule has 0 saturated carbocycles. The minimum Gasteiger partial charge on any atom is -0.462 e. The van der Waals surface area contributed by atoms with Crippen molar-refractivity contribution in [3.63, 3.8) is 0 Å². The van der Waals surface area contributed by atoms with Crippen LogP contribution in [0.1, 0.15) is 52.0 Å². The van der Waals surface area contributed by atoms with Gasteiger partial charge in [-0.25, -0.2) is 8.78 Å². The monoisotopic (exact) mass is 420 g/mol. The van der Waals surface area contributed by atoms with Crippen molar-refractivity contribution in [1.29, 1.82) is 0 Å². The molecule has 0 aliphatic rings. The number of halogens is 3. The van der Waals surface area contributed by atoms with E-state index in [1.807, 2.05) is 20.8 Å². The van der Waals surface area contributed by atoms with Gasteiger partial charge in [0, 0.05) is 4.47 Å². The maximum absolute atomic E-state index is 13.6. The predicted molar refractivity (Wildman–Crippen MR) is 92.7 cm³/mol. The lowest BCUT2D eigenvalue weighted by Crippen LogP contribution is -2.24. The van der Waals surface area contributed by atoms with Gasteiger partial charge in [-0.3, -0.25) is 9.59 Å². The van der Waals surface area contributed by atoms with Gasteiger partial charge in [-0.15, -0.1) is 0 Å². The first-order chi connectivity index (χ1) is 11.7. The molecular weight excluding hydrogens is 398 g/mol. The Morgan fingerprint density at radius 3 is 2.20 bits per heavy atom. The number of carbonyl (C=O) groups excluding carboxylic acids is 2. The van der Waals surface area contributed by atoms with Crippen LogP contribution in [0.15, 0.2) is 16.6 Å². The van der Waals surface area contributed by atoms with Gasteiger partial charge in [0.1, 0.15) is 24.3 Å². The highest BCUT2D eigenvalue weighted by atomic mass is 79.9.